The fraction of sp³-hybridized carbons (Fsp3) is 0.500. The molecule has 28 heavy (non-hydrogen) atoms. The summed E-state index contributed by atoms with van der Waals surface area (Å²) in [4.78, 5) is 0. The highest BCUT2D eigenvalue weighted by Crippen LogP contribution is 2.37. The van der Waals surface area contributed by atoms with Gasteiger partial charge in [0.05, 0.1) is 5.56 Å². The Hall–Kier alpha value is -1.84. The fourth-order valence-electron chi connectivity index (χ4n) is 4.66. The van der Waals surface area contributed by atoms with E-state index in [9.17, 15) is 17.6 Å². The summed E-state index contributed by atoms with van der Waals surface area (Å²) >= 11 is 0. The van der Waals surface area contributed by atoms with Crippen LogP contribution in [0.2, 0.25) is 0 Å². The van der Waals surface area contributed by atoms with Crippen LogP contribution in [0.1, 0.15) is 57.9 Å². The quantitative estimate of drug-likeness (QED) is 0.442. The number of benzene rings is 2. The molecule has 1 fully saturated rings. The van der Waals surface area contributed by atoms with E-state index in [0.717, 1.165) is 18.1 Å². The van der Waals surface area contributed by atoms with Crippen LogP contribution in [0.5, 0.6) is 0 Å². The van der Waals surface area contributed by atoms with E-state index in [0.29, 0.717) is 23.8 Å². The fourth-order valence-corrected chi connectivity index (χ4v) is 4.66. The molecule has 1 aliphatic rings. The molecule has 2 aromatic rings. The molecule has 2 aromatic carbocycles. The lowest BCUT2D eigenvalue weighted by atomic mass is 9.73. The summed E-state index contributed by atoms with van der Waals surface area (Å²) < 4.78 is 55.7. The lowest BCUT2D eigenvalue weighted by Crippen LogP contribution is -2.21. The largest absolute Gasteiger partial charge is 0.206 e. The molecular formula is C24H28F4. The van der Waals surface area contributed by atoms with Crippen molar-refractivity contribution in [2.24, 2.45) is 17.8 Å². The predicted molar refractivity (Wildman–Crippen MR) is 105 cm³/mol. The smallest absolute Gasteiger partial charge is 0.159 e. The Balaban J connectivity index is 1.71. The van der Waals surface area contributed by atoms with Crippen LogP contribution in [0.4, 0.5) is 17.6 Å². The zero-order valence-corrected chi connectivity index (χ0v) is 16.6. The third-order valence-corrected chi connectivity index (χ3v) is 6.26. The van der Waals surface area contributed by atoms with Crippen LogP contribution < -0.4 is 0 Å². The van der Waals surface area contributed by atoms with E-state index in [2.05, 4.69) is 13.8 Å². The Morgan fingerprint density at radius 1 is 0.857 bits per heavy atom. The number of rotatable bonds is 6. The molecule has 1 unspecified atom stereocenters. The van der Waals surface area contributed by atoms with Crippen molar-refractivity contribution in [2.75, 3.05) is 0 Å². The molecule has 0 heterocycles. The first kappa shape index (κ1) is 20.9. The summed E-state index contributed by atoms with van der Waals surface area (Å²) in [5.74, 6) is -1.85. The maximum atomic E-state index is 14.6. The Bertz CT molecular complexity index is 783. The van der Waals surface area contributed by atoms with E-state index in [1.807, 2.05) is 0 Å². The minimum absolute atomic E-state index is 0.00254. The van der Waals surface area contributed by atoms with Crippen LogP contribution >= 0.6 is 0 Å². The third kappa shape index (κ3) is 4.76. The number of halogens is 4. The average Bonchev–Trinajstić information content (AvgIpc) is 2.65. The lowest BCUT2D eigenvalue weighted by molar-refractivity contribution is 0.206. The first-order chi connectivity index (χ1) is 13.4. The van der Waals surface area contributed by atoms with Gasteiger partial charge in [0, 0.05) is 0 Å². The van der Waals surface area contributed by atoms with Crippen molar-refractivity contribution in [3.63, 3.8) is 0 Å². The monoisotopic (exact) mass is 392 g/mol. The number of hydrogen-bond acceptors (Lipinski definition) is 0. The van der Waals surface area contributed by atoms with E-state index >= 15 is 0 Å². The Morgan fingerprint density at radius 2 is 1.50 bits per heavy atom. The average molecular weight is 392 g/mol. The lowest BCUT2D eigenvalue weighted by Gasteiger charge is -2.32. The van der Waals surface area contributed by atoms with Gasteiger partial charge < -0.3 is 0 Å². The van der Waals surface area contributed by atoms with Crippen LogP contribution in [0.15, 0.2) is 30.3 Å². The van der Waals surface area contributed by atoms with Crippen LogP contribution in [0.25, 0.3) is 11.1 Å². The van der Waals surface area contributed by atoms with Gasteiger partial charge in [0.25, 0.3) is 0 Å². The second-order valence-corrected chi connectivity index (χ2v) is 8.31. The minimum atomic E-state index is -1.12. The molecule has 0 N–H and O–H groups in total. The molecule has 0 spiro atoms. The van der Waals surface area contributed by atoms with Gasteiger partial charge in [-0.2, -0.15) is 0 Å². The third-order valence-electron chi connectivity index (χ3n) is 6.26. The van der Waals surface area contributed by atoms with Crippen molar-refractivity contribution in [2.45, 2.75) is 58.8 Å². The molecule has 1 saturated carbocycles. The van der Waals surface area contributed by atoms with Crippen LogP contribution in [0.3, 0.4) is 0 Å². The van der Waals surface area contributed by atoms with Crippen molar-refractivity contribution >= 4 is 0 Å². The van der Waals surface area contributed by atoms with Gasteiger partial charge in [-0.15, -0.1) is 0 Å². The van der Waals surface area contributed by atoms with Crippen LogP contribution in [-0.4, -0.2) is 0 Å². The molecule has 0 bridgehead atoms. The summed E-state index contributed by atoms with van der Waals surface area (Å²) in [5, 5.41) is 0. The van der Waals surface area contributed by atoms with E-state index < -0.39 is 23.3 Å². The summed E-state index contributed by atoms with van der Waals surface area (Å²) in [5.41, 5.74) is 0.308. The summed E-state index contributed by atoms with van der Waals surface area (Å²) in [6, 6.07) is 5.57. The summed E-state index contributed by atoms with van der Waals surface area (Å²) in [6.07, 6.45) is 8.01. The molecule has 1 atom stereocenters. The maximum absolute atomic E-state index is 14.6. The van der Waals surface area contributed by atoms with Gasteiger partial charge in [-0.3, -0.25) is 0 Å². The predicted octanol–water partition coefficient (Wildman–Crippen LogP) is 7.70. The first-order valence-electron chi connectivity index (χ1n) is 10.3. The topological polar surface area (TPSA) is 0 Å². The molecule has 0 amide bonds. The van der Waals surface area contributed by atoms with Gasteiger partial charge >= 0.3 is 0 Å². The molecule has 1 aliphatic carbocycles. The normalized spacial score (nSPS) is 20.9. The number of hydrogen-bond donors (Lipinski definition) is 0. The van der Waals surface area contributed by atoms with Crippen LogP contribution in [0, 0.1) is 41.0 Å². The van der Waals surface area contributed by atoms with Gasteiger partial charge in [-0.1, -0.05) is 45.6 Å². The summed E-state index contributed by atoms with van der Waals surface area (Å²) in [6.45, 7) is 4.38. The van der Waals surface area contributed by atoms with Gasteiger partial charge in [0.15, 0.2) is 11.6 Å². The van der Waals surface area contributed by atoms with Gasteiger partial charge in [-0.25, -0.2) is 17.6 Å². The zero-order valence-electron chi connectivity index (χ0n) is 16.6. The van der Waals surface area contributed by atoms with Crippen molar-refractivity contribution in [1.29, 1.82) is 0 Å². The van der Waals surface area contributed by atoms with Crippen molar-refractivity contribution in [3.8, 4) is 11.1 Å². The Labute approximate surface area is 165 Å². The van der Waals surface area contributed by atoms with E-state index in [1.54, 1.807) is 0 Å². The zero-order chi connectivity index (χ0) is 20.3. The van der Waals surface area contributed by atoms with E-state index in [1.165, 1.54) is 56.7 Å². The molecule has 0 aliphatic heterocycles. The molecule has 0 aromatic heterocycles. The van der Waals surface area contributed by atoms with E-state index in [-0.39, 0.29) is 11.1 Å². The maximum Gasteiger partial charge on any atom is 0.159 e. The highest BCUT2D eigenvalue weighted by molar-refractivity contribution is 5.65. The molecule has 4 heteroatoms. The standard InChI is InChI=1S/C24H28F4/c1-3-4-16-5-7-18(8-6-16)15(2)11-17-12-22(27)24(23(28)13-17)19-9-10-20(25)21(26)14-19/h9-10,12-16,18H,3-8,11H2,1-2H3. The van der Waals surface area contributed by atoms with Crippen LogP contribution in [-0.2, 0) is 6.42 Å². The molecule has 0 saturated heterocycles. The van der Waals surface area contributed by atoms with Crippen molar-refractivity contribution < 1.29 is 17.6 Å². The van der Waals surface area contributed by atoms with Gasteiger partial charge in [0.1, 0.15) is 11.6 Å². The molecule has 3 rings (SSSR count). The molecular weight excluding hydrogens is 364 g/mol. The first-order valence-corrected chi connectivity index (χ1v) is 10.3. The summed E-state index contributed by atoms with van der Waals surface area (Å²) in [7, 11) is 0. The SMILES string of the molecule is CCCC1CCC(C(C)Cc2cc(F)c(-c3ccc(F)c(F)c3)c(F)c2)CC1. The second kappa shape index (κ2) is 9.11. The second-order valence-electron chi connectivity index (χ2n) is 8.31. The molecule has 0 radical (unpaired) electrons. The van der Waals surface area contributed by atoms with Crippen molar-refractivity contribution in [3.05, 3.63) is 59.2 Å². The Kier molecular flexibility index (Phi) is 6.79. The molecule has 152 valence electrons. The Morgan fingerprint density at radius 3 is 2.07 bits per heavy atom. The molecule has 0 nitrogen and oxygen atoms in total. The highest BCUT2D eigenvalue weighted by atomic mass is 19.2. The van der Waals surface area contributed by atoms with Gasteiger partial charge in [-0.05, 0) is 72.4 Å². The van der Waals surface area contributed by atoms with Crippen molar-refractivity contribution in [1.82, 2.24) is 0 Å². The van der Waals surface area contributed by atoms with E-state index in [4.69, 9.17) is 0 Å². The minimum Gasteiger partial charge on any atom is -0.206 e. The van der Waals surface area contributed by atoms with Gasteiger partial charge in [0.2, 0.25) is 0 Å². The highest BCUT2D eigenvalue weighted by Gasteiger charge is 2.25.